The Kier molecular flexibility index (Phi) is 4.46. The lowest BCUT2D eigenvalue weighted by molar-refractivity contribution is -0.136. The highest BCUT2D eigenvalue weighted by Gasteiger charge is 2.10. The molecule has 1 aromatic heterocycles. The number of thioether (sulfide) groups is 1. The largest absolute Gasteiger partial charge is 0.480 e. The molecule has 0 fully saturated rings. The minimum atomic E-state index is -0.746. The highest BCUT2D eigenvalue weighted by Crippen LogP contribution is 2.12. The Morgan fingerprint density at radius 2 is 2.21 bits per heavy atom. The molecule has 1 atom stereocenters. The average Bonchev–Trinajstić information content (AvgIpc) is 2.19. The number of aliphatic carboxylic acids is 1. The van der Waals surface area contributed by atoms with Crippen LogP contribution < -0.4 is 0 Å². The van der Waals surface area contributed by atoms with Gasteiger partial charge in [-0.25, -0.2) is 0 Å². The third kappa shape index (κ3) is 3.79. The molecule has 0 radical (unpaired) electrons. The molecule has 76 valence electrons. The van der Waals surface area contributed by atoms with Gasteiger partial charge in [0.25, 0.3) is 0 Å². The molecule has 14 heavy (non-hydrogen) atoms. The summed E-state index contributed by atoms with van der Waals surface area (Å²) < 4.78 is 0. The lowest BCUT2D eigenvalue weighted by atomic mass is 10.2. The Labute approximate surface area is 87.6 Å². The van der Waals surface area contributed by atoms with Gasteiger partial charge in [-0.15, -0.1) is 11.8 Å². The van der Waals surface area contributed by atoms with E-state index in [4.69, 9.17) is 5.11 Å². The number of nitrogens with zero attached hydrogens (tertiary/aromatic N) is 1. The maximum Gasteiger partial charge on any atom is 0.316 e. The van der Waals surface area contributed by atoms with E-state index in [9.17, 15) is 4.79 Å². The van der Waals surface area contributed by atoms with Crippen molar-refractivity contribution in [1.29, 1.82) is 0 Å². The zero-order valence-electron chi connectivity index (χ0n) is 8.01. The summed E-state index contributed by atoms with van der Waals surface area (Å²) in [5.41, 5.74) is 1.20. The Morgan fingerprint density at radius 3 is 2.79 bits per heavy atom. The predicted octanol–water partition coefficient (Wildman–Crippen LogP) is 1.83. The number of carboxylic acids is 1. The molecule has 0 amide bonds. The summed E-state index contributed by atoms with van der Waals surface area (Å²) in [6, 6.07) is 3.90. The molecule has 0 saturated carbocycles. The molecule has 0 aliphatic heterocycles. The van der Waals surface area contributed by atoms with Crippen LogP contribution in [0, 0.1) is 0 Å². The van der Waals surface area contributed by atoms with Gasteiger partial charge >= 0.3 is 5.97 Å². The van der Waals surface area contributed by atoms with Gasteiger partial charge in [-0.3, -0.25) is 9.78 Å². The molecule has 0 aliphatic carbocycles. The molecule has 0 spiro atoms. The van der Waals surface area contributed by atoms with Crippen molar-refractivity contribution >= 4 is 17.7 Å². The molecule has 1 aromatic rings. The number of aryl methyl sites for hydroxylation is 1. The summed E-state index contributed by atoms with van der Waals surface area (Å²) in [5, 5.41) is 8.33. The number of pyridine rings is 1. The van der Waals surface area contributed by atoms with Crippen LogP contribution >= 0.6 is 11.8 Å². The first-order valence-electron chi connectivity index (χ1n) is 4.43. The smallest absolute Gasteiger partial charge is 0.316 e. The first kappa shape index (κ1) is 11.0. The molecule has 0 saturated heterocycles. The van der Waals surface area contributed by atoms with Crippen molar-refractivity contribution in [2.24, 2.45) is 0 Å². The van der Waals surface area contributed by atoms with E-state index in [0.29, 0.717) is 0 Å². The summed E-state index contributed by atoms with van der Waals surface area (Å²) in [4.78, 5) is 14.4. The van der Waals surface area contributed by atoms with Crippen LogP contribution in [-0.4, -0.2) is 27.1 Å². The SMILES string of the molecule is CC(SCCc1ccncc1)C(=O)O. The maximum absolute atomic E-state index is 10.5. The van der Waals surface area contributed by atoms with E-state index in [1.54, 1.807) is 19.3 Å². The third-order valence-electron chi connectivity index (χ3n) is 1.86. The van der Waals surface area contributed by atoms with Gasteiger partial charge in [0.2, 0.25) is 0 Å². The van der Waals surface area contributed by atoms with Crippen molar-refractivity contribution in [3.8, 4) is 0 Å². The Balaban J connectivity index is 2.26. The van der Waals surface area contributed by atoms with Crippen molar-refractivity contribution in [3.63, 3.8) is 0 Å². The van der Waals surface area contributed by atoms with E-state index in [-0.39, 0.29) is 5.25 Å². The predicted molar refractivity (Wildman–Crippen MR) is 57.5 cm³/mol. The topological polar surface area (TPSA) is 50.2 Å². The van der Waals surface area contributed by atoms with Gasteiger partial charge in [0, 0.05) is 12.4 Å². The second-order valence-electron chi connectivity index (χ2n) is 2.96. The van der Waals surface area contributed by atoms with E-state index in [1.165, 1.54) is 17.3 Å². The first-order valence-corrected chi connectivity index (χ1v) is 5.48. The van der Waals surface area contributed by atoms with E-state index in [0.717, 1.165) is 12.2 Å². The van der Waals surface area contributed by atoms with Crippen LogP contribution in [-0.2, 0) is 11.2 Å². The fourth-order valence-corrected chi connectivity index (χ4v) is 1.82. The number of rotatable bonds is 5. The molecule has 1 rings (SSSR count). The Hall–Kier alpha value is -1.03. The van der Waals surface area contributed by atoms with E-state index in [1.807, 2.05) is 12.1 Å². The first-order chi connectivity index (χ1) is 6.70. The van der Waals surface area contributed by atoms with Crippen molar-refractivity contribution in [2.75, 3.05) is 5.75 Å². The van der Waals surface area contributed by atoms with Crippen LogP contribution in [0.2, 0.25) is 0 Å². The molecule has 1 heterocycles. The van der Waals surface area contributed by atoms with Gasteiger partial charge in [-0.2, -0.15) is 0 Å². The van der Waals surface area contributed by atoms with Crippen LogP contribution in [0.15, 0.2) is 24.5 Å². The minimum Gasteiger partial charge on any atom is -0.480 e. The second-order valence-corrected chi connectivity index (χ2v) is 4.41. The van der Waals surface area contributed by atoms with Crippen LogP contribution in [0.5, 0.6) is 0 Å². The number of hydrogen-bond acceptors (Lipinski definition) is 3. The average molecular weight is 211 g/mol. The van der Waals surface area contributed by atoms with Gasteiger partial charge < -0.3 is 5.11 Å². The van der Waals surface area contributed by atoms with E-state index < -0.39 is 5.97 Å². The summed E-state index contributed by atoms with van der Waals surface area (Å²) in [6.45, 7) is 1.71. The fourth-order valence-electron chi connectivity index (χ4n) is 0.974. The number of carbonyl (C=O) groups is 1. The molecule has 1 N–H and O–H groups in total. The highest BCUT2D eigenvalue weighted by atomic mass is 32.2. The van der Waals surface area contributed by atoms with Gasteiger partial charge in [0.15, 0.2) is 0 Å². The molecule has 4 heteroatoms. The Bertz CT molecular complexity index is 289. The fraction of sp³-hybridized carbons (Fsp3) is 0.400. The molecule has 0 aromatic carbocycles. The minimum absolute atomic E-state index is 0.322. The van der Waals surface area contributed by atoms with E-state index >= 15 is 0 Å². The van der Waals surface area contributed by atoms with Gasteiger partial charge in [-0.05, 0) is 36.8 Å². The number of hydrogen-bond donors (Lipinski definition) is 1. The number of carboxylic acid groups (broad SMARTS) is 1. The summed E-state index contributed by atoms with van der Waals surface area (Å²) in [7, 11) is 0. The summed E-state index contributed by atoms with van der Waals surface area (Å²) in [6.07, 6.45) is 4.39. The van der Waals surface area contributed by atoms with E-state index in [2.05, 4.69) is 4.98 Å². The molecule has 1 unspecified atom stereocenters. The lowest BCUT2D eigenvalue weighted by Crippen LogP contribution is -2.12. The van der Waals surface area contributed by atoms with Gasteiger partial charge in [0.1, 0.15) is 0 Å². The van der Waals surface area contributed by atoms with Gasteiger partial charge in [0.05, 0.1) is 5.25 Å². The third-order valence-corrected chi connectivity index (χ3v) is 3.00. The molecular formula is C10H13NO2S. The second kappa shape index (κ2) is 5.65. The van der Waals surface area contributed by atoms with Crippen LogP contribution in [0.1, 0.15) is 12.5 Å². The quantitative estimate of drug-likeness (QED) is 0.807. The molecule has 0 aliphatic rings. The van der Waals surface area contributed by atoms with Gasteiger partial charge in [-0.1, -0.05) is 0 Å². The zero-order valence-corrected chi connectivity index (χ0v) is 8.83. The standard InChI is InChI=1S/C10H13NO2S/c1-8(10(12)13)14-7-4-9-2-5-11-6-3-9/h2-3,5-6,8H,4,7H2,1H3,(H,12,13). The van der Waals surface area contributed by atoms with Crippen molar-refractivity contribution in [2.45, 2.75) is 18.6 Å². The normalized spacial score (nSPS) is 12.4. The zero-order chi connectivity index (χ0) is 10.4. The molecule has 3 nitrogen and oxygen atoms in total. The van der Waals surface area contributed by atoms with Crippen LogP contribution in [0.3, 0.4) is 0 Å². The molecular weight excluding hydrogens is 198 g/mol. The van der Waals surface area contributed by atoms with Crippen LogP contribution in [0.4, 0.5) is 0 Å². The van der Waals surface area contributed by atoms with Crippen molar-refractivity contribution in [1.82, 2.24) is 4.98 Å². The lowest BCUT2D eigenvalue weighted by Gasteiger charge is -2.05. The summed E-state index contributed by atoms with van der Waals surface area (Å²) >= 11 is 1.46. The number of aromatic nitrogens is 1. The Morgan fingerprint density at radius 1 is 1.57 bits per heavy atom. The summed E-state index contributed by atoms with van der Waals surface area (Å²) in [5.74, 6) is 0.0852. The maximum atomic E-state index is 10.5. The molecule has 0 bridgehead atoms. The van der Waals surface area contributed by atoms with Crippen molar-refractivity contribution < 1.29 is 9.90 Å². The van der Waals surface area contributed by atoms with Crippen molar-refractivity contribution in [3.05, 3.63) is 30.1 Å². The highest BCUT2D eigenvalue weighted by molar-refractivity contribution is 8.00. The monoisotopic (exact) mass is 211 g/mol. The van der Waals surface area contributed by atoms with Crippen LogP contribution in [0.25, 0.3) is 0 Å².